The molecule has 0 heterocycles. The molecule has 0 aliphatic heterocycles. The van der Waals surface area contributed by atoms with E-state index in [9.17, 15) is 5.11 Å². The van der Waals surface area contributed by atoms with E-state index >= 15 is 0 Å². The maximum absolute atomic E-state index is 10.2. The fourth-order valence-electron chi connectivity index (χ4n) is 1.99. The molecule has 1 aliphatic carbocycles. The summed E-state index contributed by atoms with van der Waals surface area (Å²) in [5.74, 6) is 0.757. The molecule has 0 aromatic rings. The van der Waals surface area contributed by atoms with Crippen molar-refractivity contribution < 1.29 is 10.2 Å². The third kappa shape index (κ3) is 3.95. The Morgan fingerprint density at radius 3 is 2.50 bits per heavy atom. The lowest BCUT2D eigenvalue weighted by atomic mass is 9.79. The molecule has 0 aromatic heterocycles. The predicted molar refractivity (Wildman–Crippen MR) is 57.1 cm³/mol. The maximum Gasteiger partial charge on any atom is 0.0771 e. The van der Waals surface area contributed by atoms with Crippen LogP contribution in [0.25, 0.3) is 0 Å². The van der Waals surface area contributed by atoms with Crippen molar-refractivity contribution in [3.8, 4) is 0 Å². The molecule has 3 N–H and O–H groups in total. The van der Waals surface area contributed by atoms with E-state index in [2.05, 4.69) is 12.2 Å². The van der Waals surface area contributed by atoms with Crippen LogP contribution < -0.4 is 5.32 Å². The van der Waals surface area contributed by atoms with Crippen molar-refractivity contribution in [3.05, 3.63) is 0 Å². The van der Waals surface area contributed by atoms with E-state index in [1.165, 1.54) is 0 Å². The van der Waals surface area contributed by atoms with Gasteiger partial charge in [-0.2, -0.15) is 0 Å². The molecule has 1 unspecified atom stereocenters. The van der Waals surface area contributed by atoms with Crippen LogP contribution in [0.1, 0.15) is 39.5 Å². The Bertz CT molecular complexity index is 163. The smallest absolute Gasteiger partial charge is 0.0771 e. The van der Waals surface area contributed by atoms with Gasteiger partial charge in [-0.1, -0.05) is 6.92 Å². The molecule has 1 saturated carbocycles. The molecular formula is C11H23NO2. The zero-order valence-corrected chi connectivity index (χ0v) is 9.29. The summed E-state index contributed by atoms with van der Waals surface area (Å²) in [6.45, 7) is 5.17. The highest BCUT2D eigenvalue weighted by atomic mass is 16.3. The van der Waals surface area contributed by atoms with Crippen LogP contribution in [0.2, 0.25) is 0 Å². The van der Waals surface area contributed by atoms with E-state index in [4.69, 9.17) is 5.11 Å². The third-order valence-corrected chi connectivity index (χ3v) is 3.10. The highest BCUT2D eigenvalue weighted by Gasteiger charge is 2.31. The summed E-state index contributed by atoms with van der Waals surface area (Å²) in [5, 5.41) is 22.3. The normalized spacial score (nSPS) is 35.6. The topological polar surface area (TPSA) is 52.5 Å². The molecule has 1 atom stereocenters. The predicted octanol–water partition coefficient (Wildman–Crippen LogP) is 0.898. The van der Waals surface area contributed by atoms with Crippen LogP contribution in [-0.2, 0) is 0 Å². The van der Waals surface area contributed by atoms with E-state index in [0.29, 0.717) is 13.1 Å². The second-order valence-electron chi connectivity index (χ2n) is 4.89. The highest BCUT2D eigenvalue weighted by molar-refractivity contribution is 4.86. The third-order valence-electron chi connectivity index (χ3n) is 3.10. The number of rotatable bonds is 4. The van der Waals surface area contributed by atoms with Gasteiger partial charge in [0.2, 0.25) is 0 Å². The Balaban J connectivity index is 2.21. The number of nitrogens with one attached hydrogen (secondary N) is 1. The minimum absolute atomic E-state index is 0.332. The van der Waals surface area contributed by atoms with E-state index in [-0.39, 0.29) is 6.10 Å². The molecule has 0 amide bonds. The van der Waals surface area contributed by atoms with Crippen molar-refractivity contribution in [2.24, 2.45) is 5.92 Å². The molecule has 0 radical (unpaired) electrons. The summed E-state index contributed by atoms with van der Waals surface area (Å²) in [7, 11) is 0. The quantitative estimate of drug-likeness (QED) is 0.633. The zero-order valence-electron chi connectivity index (χ0n) is 9.29. The standard InChI is InChI=1S/C11H23NO2/c1-9-3-5-11(14,6-4-9)8-12-7-10(2)13/h9-10,12-14H,3-8H2,1-2H3. The number of aliphatic hydroxyl groups is 2. The molecule has 1 rings (SSSR count). The molecular weight excluding hydrogens is 178 g/mol. The van der Waals surface area contributed by atoms with Crippen molar-refractivity contribution in [1.82, 2.24) is 5.32 Å². The van der Waals surface area contributed by atoms with E-state index < -0.39 is 5.60 Å². The van der Waals surface area contributed by atoms with Crippen LogP contribution in [0.15, 0.2) is 0 Å². The molecule has 0 spiro atoms. The number of hydrogen-bond donors (Lipinski definition) is 3. The van der Waals surface area contributed by atoms with Crippen LogP contribution in [0.3, 0.4) is 0 Å². The molecule has 1 fully saturated rings. The summed E-state index contributed by atoms with van der Waals surface area (Å²) in [6, 6.07) is 0. The first-order valence-electron chi connectivity index (χ1n) is 5.63. The fourth-order valence-corrected chi connectivity index (χ4v) is 1.99. The summed E-state index contributed by atoms with van der Waals surface area (Å²) in [6.07, 6.45) is 3.68. The molecule has 3 nitrogen and oxygen atoms in total. The average molecular weight is 201 g/mol. The first-order chi connectivity index (χ1) is 6.52. The SMILES string of the molecule is CC(O)CNCC1(O)CCC(C)CC1. The molecule has 14 heavy (non-hydrogen) atoms. The van der Waals surface area contributed by atoms with Gasteiger partial charge in [0.05, 0.1) is 11.7 Å². The lowest BCUT2D eigenvalue weighted by molar-refractivity contribution is -0.00765. The van der Waals surface area contributed by atoms with Gasteiger partial charge >= 0.3 is 0 Å². The largest absolute Gasteiger partial charge is 0.392 e. The lowest BCUT2D eigenvalue weighted by Crippen LogP contribution is -2.44. The first kappa shape index (κ1) is 12.0. The van der Waals surface area contributed by atoms with Gasteiger partial charge in [-0.05, 0) is 38.5 Å². The van der Waals surface area contributed by atoms with Crippen LogP contribution in [0, 0.1) is 5.92 Å². The van der Waals surface area contributed by atoms with Gasteiger partial charge in [0.1, 0.15) is 0 Å². The van der Waals surface area contributed by atoms with Crippen molar-refractivity contribution in [2.45, 2.75) is 51.2 Å². The Labute approximate surface area is 86.5 Å². The zero-order chi connectivity index (χ0) is 10.6. The van der Waals surface area contributed by atoms with E-state index in [1.807, 2.05) is 0 Å². The molecule has 3 heteroatoms. The maximum atomic E-state index is 10.2. The number of aliphatic hydroxyl groups excluding tert-OH is 1. The van der Waals surface area contributed by atoms with E-state index in [0.717, 1.165) is 31.6 Å². The Morgan fingerprint density at radius 2 is 2.00 bits per heavy atom. The van der Waals surface area contributed by atoms with Gasteiger partial charge in [0.15, 0.2) is 0 Å². The second-order valence-corrected chi connectivity index (χ2v) is 4.89. The first-order valence-corrected chi connectivity index (χ1v) is 5.63. The molecule has 0 bridgehead atoms. The van der Waals surface area contributed by atoms with Gasteiger partial charge in [-0.15, -0.1) is 0 Å². The molecule has 84 valence electrons. The minimum atomic E-state index is -0.526. The van der Waals surface area contributed by atoms with Crippen molar-refractivity contribution in [1.29, 1.82) is 0 Å². The molecule has 0 saturated heterocycles. The van der Waals surface area contributed by atoms with Crippen LogP contribution in [0.5, 0.6) is 0 Å². The van der Waals surface area contributed by atoms with Crippen molar-refractivity contribution >= 4 is 0 Å². The molecule has 1 aliphatic rings. The highest BCUT2D eigenvalue weighted by Crippen LogP contribution is 2.31. The monoisotopic (exact) mass is 201 g/mol. The number of hydrogen-bond acceptors (Lipinski definition) is 3. The summed E-state index contributed by atoms with van der Waals surface area (Å²) >= 11 is 0. The van der Waals surface area contributed by atoms with Crippen LogP contribution >= 0.6 is 0 Å². The average Bonchev–Trinajstić information content (AvgIpc) is 2.10. The van der Waals surface area contributed by atoms with Gasteiger partial charge in [-0.25, -0.2) is 0 Å². The Morgan fingerprint density at radius 1 is 1.43 bits per heavy atom. The van der Waals surface area contributed by atoms with Gasteiger partial charge < -0.3 is 15.5 Å². The lowest BCUT2D eigenvalue weighted by Gasteiger charge is -2.35. The summed E-state index contributed by atoms with van der Waals surface area (Å²) < 4.78 is 0. The van der Waals surface area contributed by atoms with Crippen molar-refractivity contribution in [3.63, 3.8) is 0 Å². The summed E-state index contributed by atoms with van der Waals surface area (Å²) in [4.78, 5) is 0. The second kappa shape index (κ2) is 5.10. The van der Waals surface area contributed by atoms with E-state index in [1.54, 1.807) is 6.92 Å². The van der Waals surface area contributed by atoms with Crippen molar-refractivity contribution in [2.75, 3.05) is 13.1 Å². The van der Waals surface area contributed by atoms with Gasteiger partial charge in [0, 0.05) is 13.1 Å². The Hall–Kier alpha value is -0.120. The van der Waals surface area contributed by atoms with Gasteiger partial charge in [-0.3, -0.25) is 0 Å². The molecule has 0 aromatic carbocycles. The van der Waals surface area contributed by atoms with Gasteiger partial charge in [0.25, 0.3) is 0 Å². The minimum Gasteiger partial charge on any atom is -0.392 e. The summed E-state index contributed by atoms with van der Waals surface area (Å²) in [5.41, 5.74) is -0.526. The van der Waals surface area contributed by atoms with Crippen LogP contribution in [-0.4, -0.2) is 35.0 Å². The fraction of sp³-hybridized carbons (Fsp3) is 1.00. The Kier molecular flexibility index (Phi) is 4.35. The van der Waals surface area contributed by atoms with Crippen LogP contribution in [0.4, 0.5) is 0 Å².